The van der Waals surface area contributed by atoms with E-state index < -0.39 is 108 Å². The summed E-state index contributed by atoms with van der Waals surface area (Å²) in [5, 5.41) is 25.1. The number of cyclic esters (lactones) is 1. The maximum atomic E-state index is 13.9. The molecule has 294 valence electrons. The fourth-order valence-corrected chi connectivity index (χ4v) is 5.25. The van der Waals surface area contributed by atoms with Crippen LogP contribution in [0, 0.1) is 11.8 Å². The van der Waals surface area contributed by atoms with Crippen molar-refractivity contribution in [2.24, 2.45) is 17.6 Å². The summed E-state index contributed by atoms with van der Waals surface area (Å²) in [6.45, 7) is 10.6. The van der Waals surface area contributed by atoms with Crippen LogP contribution >= 0.6 is 0 Å². The monoisotopic (exact) mass is 747 g/mol. The van der Waals surface area contributed by atoms with E-state index >= 15 is 0 Å². The number of hydrogen-bond donors (Lipinski definition) is 8. The second-order valence-electron chi connectivity index (χ2n) is 13.6. The van der Waals surface area contributed by atoms with Gasteiger partial charge in [0.1, 0.15) is 49.0 Å². The van der Waals surface area contributed by atoms with Crippen LogP contribution in [0.3, 0.4) is 0 Å². The minimum Gasteiger partial charge on any atom is -0.458 e. The molecule has 0 radical (unpaired) electrons. The molecule has 53 heavy (non-hydrogen) atoms. The molecule has 1 heterocycles. The standard InChI is InChI=1S/C35H53N7O11/c1-8-18(4)26-31(47)41-27(20(6)43)32(48)39-24(15-25(36)44)29(45)37-19(5)34(50)53-21(7)28(33(49)38-23(14-17(2)3)30(46)40-26)42-35(51)52-16-22-12-10-9-11-13-22/h9-13,17-21,23-24,26-28,43H,8,14-16H2,1-7H3,(H2,36,44)(H,37,45)(H,38,49)(H,39,48)(H,40,46)(H,41,47)(H,42,51)/t18-,19-,20-,21+,23?,24+,26-,27?,28-/m0/s1. The zero-order chi connectivity index (χ0) is 40.0. The number of rotatable bonds is 10. The summed E-state index contributed by atoms with van der Waals surface area (Å²) in [4.78, 5) is 106. The highest BCUT2D eigenvalue weighted by Gasteiger charge is 2.38. The number of hydrogen-bond acceptors (Lipinski definition) is 11. The molecular weight excluding hydrogens is 694 g/mol. The number of benzene rings is 1. The van der Waals surface area contributed by atoms with Crippen molar-refractivity contribution < 1.29 is 52.9 Å². The fraction of sp³-hybridized carbons (Fsp3) is 0.600. The van der Waals surface area contributed by atoms with Gasteiger partial charge in [0.2, 0.25) is 35.4 Å². The van der Waals surface area contributed by atoms with Gasteiger partial charge in [-0.15, -0.1) is 0 Å². The van der Waals surface area contributed by atoms with Crippen molar-refractivity contribution in [2.45, 2.75) is 123 Å². The average molecular weight is 748 g/mol. The first-order valence-electron chi connectivity index (χ1n) is 17.5. The summed E-state index contributed by atoms with van der Waals surface area (Å²) in [6.07, 6.45) is -4.25. The highest BCUT2D eigenvalue weighted by molar-refractivity contribution is 5.98. The van der Waals surface area contributed by atoms with Gasteiger partial charge in [0.05, 0.1) is 12.5 Å². The molecular formula is C35H53N7O11. The lowest BCUT2D eigenvalue weighted by Crippen LogP contribution is -2.62. The van der Waals surface area contributed by atoms with Crippen LogP contribution < -0.4 is 37.6 Å². The third kappa shape index (κ3) is 14.0. The molecule has 1 fully saturated rings. The van der Waals surface area contributed by atoms with Crippen molar-refractivity contribution in [3.63, 3.8) is 0 Å². The number of primary amides is 1. The molecule has 9 atom stereocenters. The SMILES string of the molecule is CC[C@H](C)[C@@H]1NC(=O)C(CC(C)C)NC(=O)[C@@H](NC(=O)OCc2ccccc2)[C@@H](C)OC(=O)[C@H](C)NC(=O)[C@@H](CC(N)=O)NC(=O)C([C@H](C)O)NC1=O. The Kier molecular flexibility index (Phi) is 17.1. The van der Waals surface area contributed by atoms with Gasteiger partial charge in [0.15, 0.2) is 0 Å². The number of alkyl carbamates (subject to hydrolysis) is 1. The number of aliphatic hydroxyl groups excluding tert-OH is 1. The van der Waals surface area contributed by atoms with Crippen molar-refractivity contribution in [3.8, 4) is 0 Å². The predicted octanol–water partition coefficient (Wildman–Crippen LogP) is -0.981. The number of carbonyl (C=O) groups is 8. The van der Waals surface area contributed by atoms with Crippen molar-refractivity contribution in [3.05, 3.63) is 35.9 Å². The van der Waals surface area contributed by atoms with E-state index in [1.54, 1.807) is 58.0 Å². The van der Waals surface area contributed by atoms with E-state index in [0.29, 0.717) is 12.0 Å². The van der Waals surface area contributed by atoms with Crippen molar-refractivity contribution in [1.29, 1.82) is 0 Å². The maximum Gasteiger partial charge on any atom is 0.408 e. The Hall–Kier alpha value is -5.26. The van der Waals surface area contributed by atoms with Crippen molar-refractivity contribution >= 4 is 47.5 Å². The van der Waals surface area contributed by atoms with E-state index in [2.05, 4.69) is 31.9 Å². The van der Waals surface area contributed by atoms with E-state index in [-0.39, 0.29) is 18.9 Å². The number of nitrogens with one attached hydrogen (secondary N) is 6. The van der Waals surface area contributed by atoms with E-state index in [9.17, 15) is 43.5 Å². The minimum absolute atomic E-state index is 0.0782. The molecule has 0 aliphatic carbocycles. The summed E-state index contributed by atoms with van der Waals surface area (Å²) in [6, 6.07) is -0.245. The molecule has 18 nitrogen and oxygen atoms in total. The molecule has 1 aromatic carbocycles. The normalized spacial score (nSPS) is 26.5. The van der Waals surface area contributed by atoms with Crippen molar-refractivity contribution in [2.75, 3.05) is 0 Å². The Bertz CT molecular complexity index is 1470. The first kappa shape index (κ1) is 43.9. The Labute approximate surface area is 308 Å². The lowest BCUT2D eigenvalue weighted by molar-refractivity contribution is -0.154. The van der Waals surface area contributed by atoms with E-state index in [4.69, 9.17) is 15.2 Å². The lowest BCUT2D eigenvalue weighted by Gasteiger charge is -2.30. The van der Waals surface area contributed by atoms with Gasteiger partial charge < -0.3 is 52.2 Å². The van der Waals surface area contributed by atoms with Crippen LogP contribution in [0.2, 0.25) is 0 Å². The maximum absolute atomic E-state index is 13.9. The van der Waals surface area contributed by atoms with Crippen LogP contribution in [0.15, 0.2) is 30.3 Å². The number of ether oxygens (including phenoxy) is 2. The first-order chi connectivity index (χ1) is 24.8. The summed E-state index contributed by atoms with van der Waals surface area (Å²) in [7, 11) is 0. The molecule has 2 rings (SSSR count). The third-order valence-corrected chi connectivity index (χ3v) is 8.49. The smallest absolute Gasteiger partial charge is 0.408 e. The van der Waals surface area contributed by atoms with Crippen LogP contribution in [-0.4, -0.2) is 101 Å². The second kappa shape index (κ2) is 20.7. The largest absolute Gasteiger partial charge is 0.458 e. The van der Waals surface area contributed by atoms with Crippen LogP contribution in [0.4, 0.5) is 4.79 Å². The van der Waals surface area contributed by atoms with Gasteiger partial charge in [-0.05, 0) is 44.6 Å². The van der Waals surface area contributed by atoms with Gasteiger partial charge in [-0.2, -0.15) is 0 Å². The summed E-state index contributed by atoms with van der Waals surface area (Å²) >= 11 is 0. The quantitative estimate of drug-likeness (QED) is 0.135. The van der Waals surface area contributed by atoms with E-state index in [1.807, 2.05) is 0 Å². The van der Waals surface area contributed by atoms with Crippen LogP contribution in [0.5, 0.6) is 0 Å². The van der Waals surface area contributed by atoms with Gasteiger partial charge >= 0.3 is 12.1 Å². The topological polar surface area (TPSA) is 273 Å². The number of nitrogens with two attached hydrogens (primary N) is 1. The molecule has 9 N–H and O–H groups in total. The fourth-order valence-electron chi connectivity index (χ4n) is 5.25. The predicted molar refractivity (Wildman–Crippen MR) is 189 cm³/mol. The zero-order valence-corrected chi connectivity index (χ0v) is 31.1. The molecule has 0 bridgehead atoms. The van der Waals surface area contributed by atoms with Crippen LogP contribution in [0.25, 0.3) is 0 Å². The summed E-state index contributed by atoms with van der Waals surface area (Å²) in [5.74, 6) is -7.45. The molecule has 18 heteroatoms. The molecule has 1 aromatic rings. The lowest BCUT2D eigenvalue weighted by atomic mass is 9.96. The van der Waals surface area contributed by atoms with Crippen molar-refractivity contribution in [1.82, 2.24) is 31.9 Å². The molecule has 0 saturated carbocycles. The molecule has 0 spiro atoms. The molecule has 1 aliphatic rings. The Morgan fingerprint density at radius 1 is 0.830 bits per heavy atom. The summed E-state index contributed by atoms with van der Waals surface area (Å²) < 4.78 is 10.8. The summed E-state index contributed by atoms with van der Waals surface area (Å²) in [5.41, 5.74) is 5.96. The van der Waals surface area contributed by atoms with Crippen LogP contribution in [0.1, 0.15) is 73.3 Å². The minimum atomic E-state index is -1.67. The van der Waals surface area contributed by atoms with Crippen LogP contribution in [-0.2, 0) is 49.6 Å². The van der Waals surface area contributed by atoms with E-state index in [0.717, 1.165) is 0 Å². The van der Waals surface area contributed by atoms with Gasteiger partial charge in [-0.3, -0.25) is 28.8 Å². The highest BCUT2D eigenvalue weighted by Crippen LogP contribution is 2.13. The Morgan fingerprint density at radius 2 is 1.40 bits per heavy atom. The van der Waals surface area contributed by atoms with E-state index in [1.165, 1.54) is 20.8 Å². The number of carbonyl (C=O) groups excluding carboxylic acids is 8. The second-order valence-corrected chi connectivity index (χ2v) is 13.6. The highest BCUT2D eigenvalue weighted by atomic mass is 16.6. The Balaban J connectivity index is 2.59. The Morgan fingerprint density at radius 3 is 1.96 bits per heavy atom. The molecule has 1 saturated heterocycles. The number of esters is 1. The number of aliphatic hydroxyl groups is 1. The number of amides is 7. The molecule has 1 aliphatic heterocycles. The first-order valence-corrected chi connectivity index (χ1v) is 17.5. The average Bonchev–Trinajstić information content (AvgIpc) is 3.08. The van der Waals surface area contributed by atoms with Gasteiger partial charge in [-0.1, -0.05) is 64.4 Å². The van der Waals surface area contributed by atoms with Gasteiger partial charge in [0.25, 0.3) is 0 Å². The molecule has 2 unspecified atom stereocenters. The van der Waals surface area contributed by atoms with Gasteiger partial charge in [-0.25, -0.2) is 9.59 Å². The van der Waals surface area contributed by atoms with Gasteiger partial charge in [0, 0.05) is 0 Å². The molecule has 0 aromatic heterocycles. The molecule has 7 amide bonds. The third-order valence-electron chi connectivity index (χ3n) is 8.49. The zero-order valence-electron chi connectivity index (χ0n) is 31.1.